The third-order valence-electron chi connectivity index (χ3n) is 4.10. The van der Waals surface area contributed by atoms with Gasteiger partial charge in [0.15, 0.2) is 11.7 Å². The van der Waals surface area contributed by atoms with Gasteiger partial charge in [-0.2, -0.15) is 0 Å². The summed E-state index contributed by atoms with van der Waals surface area (Å²) in [6, 6.07) is 13.6. The van der Waals surface area contributed by atoms with Crippen LogP contribution in [0.1, 0.15) is 10.5 Å². The second-order valence-electron chi connectivity index (χ2n) is 6.18. The van der Waals surface area contributed by atoms with Crippen molar-refractivity contribution in [3.05, 3.63) is 77.3 Å². The van der Waals surface area contributed by atoms with Gasteiger partial charge in [-0.15, -0.1) is 11.3 Å². The van der Waals surface area contributed by atoms with Crippen LogP contribution >= 0.6 is 11.3 Å². The lowest BCUT2D eigenvalue weighted by Crippen LogP contribution is -2.21. The van der Waals surface area contributed by atoms with Crippen molar-refractivity contribution < 1.29 is 23.1 Å². The van der Waals surface area contributed by atoms with Crippen LogP contribution < -0.4 is 5.32 Å². The summed E-state index contributed by atoms with van der Waals surface area (Å²) >= 11 is 1.03. The SMILES string of the molecule is O=C(COC(=O)c1ccc2ccccc2n1)Nc1nc(-c2cc(F)ccc2F)cs1. The molecule has 0 fully saturated rings. The molecule has 1 N–H and O–H groups in total. The molecule has 0 aliphatic heterocycles. The minimum atomic E-state index is -0.738. The van der Waals surface area contributed by atoms with E-state index in [1.54, 1.807) is 18.2 Å². The van der Waals surface area contributed by atoms with E-state index in [0.717, 1.165) is 34.9 Å². The number of fused-ring (bicyclic) bond motifs is 1. The smallest absolute Gasteiger partial charge is 0.357 e. The second-order valence-corrected chi connectivity index (χ2v) is 7.03. The average Bonchev–Trinajstić information content (AvgIpc) is 3.21. The molecule has 9 heteroatoms. The number of carbonyl (C=O) groups is 2. The number of nitrogens with zero attached hydrogens (tertiary/aromatic N) is 2. The number of carbonyl (C=O) groups excluding carboxylic acids is 2. The second kappa shape index (κ2) is 8.34. The molecule has 0 atom stereocenters. The van der Waals surface area contributed by atoms with E-state index in [9.17, 15) is 18.4 Å². The number of rotatable bonds is 5. The van der Waals surface area contributed by atoms with Crippen LogP contribution in [0.25, 0.3) is 22.2 Å². The number of pyridine rings is 1. The maximum Gasteiger partial charge on any atom is 0.357 e. The zero-order valence-electron chi connectivity index (χ0n) is 15.3. The van der Waals surface area contributed by atoms with Crippen molar-refractivity contribution >= 4 is 39.2 Å². The number of ether oxygens (including phenoxy) is 1. The van der Waals surface area contributed by atoms with Crippen molar-refractivity contribution in [3.8, 4) is 11.3 Å². The number of amides is 1. The third-order valence-corrected chi connectivity index (χ3v) is 4.85. The van der Waals surface area contributed by atoms with Crippen LogP contribution in [0, 0.1) is 11.6 Å². The molecule has 0 radical (unpaired) electrons. The normalized spacial score (nSPS) is 10.7. The van der Waals surface area contributed by atoms with Crippen LogP contribution in [0.4, 0.5) is 13.9 Å². The van der Waals surface area contributed by atoms with Gasteiger partial charge in [0.05, 0.1) is 11.2 Å². The summed E-state index contributed by atoms with van der Waals surface area (Å²) < 4.78 is 32.2. The Morgan fingerprint density at radius 3 is 2.73 bits per heavy atom. The number of anilines is 1. The number of para-hydroxylation sites is 1. The molecule has 0 aliphatic carbocycles. The third kappa shape index (κ3) is 4.31. The highest BCUT2D eigenvalue weighted by molar-refractivity contribution is 7.14. The fourth-order valence-electron chi connectivity index (χ4n) is 2.69. The zero-order valence-corrected chi connectivity index (χ0v) is 16.1. The Morgan fingerprint density at radius 2 is 1.87 bits per heavy atom. The molecule has 0 saturated heterocycles. The molecule has 1 amide bonds. The highest BCUT2D eigenvalue weighted by atomic mass is 32.1. The lowest BCUT2D eigenvalue weighted by Gasteiger charge is -2.05. The van der Waals surface area contributed by atoms with Crippen molar-refractivity contribution in [2.45, 2.75) is 0 Å². The maximum absolute atomic E-state index is 13.8. The first-order valence-corrected chi connectivity index (χ1v) is 9.61. The van der Waals surface area contributed by atoms with Gasteiger partial charge in [0.2, 0.25) is 0 Å². The van der Waals surface area contributed by atoms with Gasteiger partial charge < -0.3 is 4.74 Å². The Morgan fingerprint density at radius 1 is 1.03 bits per heavy atom. The van der Waals surface area contributed by atoms with Crippen LogP contribution in [0.15, 0.2) is 60.0 Å². The molecule has 4 aromatic rings. The molecule has 2 aromatic carbocycles. The highest BCUT2D eigenvalue weighted by Crippen LogP contribution is 2.27. The number of esters is 1. The number of hydrogen-bond donors (Lipinski definition) is 1. The number of aromatic nitrogens is 2. The Hall–Kier alpha value is -3.72. The van der Waals surface area contributed by atoms with E-state index in [-0.39, 0.29) is 22.1 Å². The summed E-state index contributed by atoms with van der Waals surface area (Å²) in [6.07, 6.45) is 0. The lowest BCUT2D eigenvalue weighted by atomic mass is 10.1. The van der Waals surface area contributed by atoms with Gasteiger partial charge in [-0.25, -0.2) is 23.5 Å². The number of hydrogen-bond acceptors (Lipinski definition) is 6. The molecule has 4 rings (SSSR count). The first kappa shape index (κ1) is 19.6. The predicted molar refractivity (Wildman–Crippen MR) is 108 cm³/mol. The Labute approximate surface area is 173 Å². The quantitative estimate of drug-likeness (QED) is 0.479. The summed E-state index contributed by atoms with van der Waals surface area (Å²) in [6.45, 7) is -0.545. The minimum Gasteiger partial charge on any atom is -0.451 e. The number of thiazole rings is 1. The number of benzene rings is 2. The summed E-state index contributed by atoms with van der Waals surface area (Å²) in [5.74, 6) is -2.59. The Bertz CT molecular complexity index is 1260. The molecular formula is C21H13F2N3O3S. The van der Waals surface area contributed by atoms with E-state index in [0.29, 0.717) is 5.52 Å². The summed E-state index contributed by atoms with van der Waals surface area (Å²) in [5.41, 5.74) is 0.890. The molecule has 2 heterocycles. The van der Waals surface area contributed by atoms with E-state index in [4.69, 9.17) is 4.74 Å². The van der Waals surface area contributed by atoms with Crippen molar-refractivity contribution in [1.82, 2.24) is 9.97 Å². The molecule has 0 aliphatic rings. The monoisotopic (exact) mass is 425 g/mol. The Balaban J connectivity index is 1.37. The minimum absolute atomic E-state index is 0.0134. The number of nitrogens with one attached hydrogen (secondary N) is 1. The number of halogens is 2. The summed E-state index contributed by atoms with van der Waals surface area (Å²) in [7, 11) is 0. The maximum atomic E-state index is 13.8. The van der Waals surface area contributed by atoms with Crippen LogP contribution in [0.5, 0.6) is 0 Å². The molecule has 2 aromatic heterocycles. The van der Waals surface area contributed by atoms with Gasteiger partial charge in [-0.05, 0) is 30.3 Å². The van der Waals surface area contributed by atoms with Gasteiger partial charge in [-0.1, -0.05) is 24.3 Å². The summed E-state index contributed by atoms with van der Waals surface area (Å²) in [4.78, 5) is 32.5. The predicted octanol–water partition coefficient (Wildman–Crippen LogP) is 4.43. The van der Waals surface area contributed by atoms with E-state index in [1.165, 1.54) is 11.4 Å². The molecule has 0 saturated carbocycles. The van der Waals surface area contributed by atoms with Crippen LogP contribution in [-0.2, 0) is 9.53 Å². The van der Waals surface area contributed by atoms with Crippen LogP contribution in [0.2, 0.25) is 0 Å². The van der Waals surface area contributed by atoms with Crippen molar-refractivity contribution in [2.24, 2.45) is 0 Å². The molecule has 0 unspecified atom stereocenters. The fourth-order valence-corrected chi connectivity index (χ4v) is 3.42. The molecular weight excluding hydrogens is 412 g/mol. The molecule has 30 heavy (non-hydrogen) atoms. The van der Waals surface area contributed by atoms with E-state index in [2.05, 4.69) is 15.3 Å². The van der Waals surface area contributed by atoms with Crippen molar-refractivity contribution in [3.63, 3.8) is 0 Å². The first-order valence-electron chi connectivity index (χ1n) is 8.73. The van der Waals surface area contributed by atoms with Gasteiger partial charge in [0.1, 0.15) is 17.3 Å². The van der Waals surface area contributed by atoms with Crippen LogP contribution in [0.3, 0.4) is 0 Å². The topological polar surface area (TPSA) is 81.2 Å². The van der Waals surface area contributed by atoms with Gasteiger partial charge in [0, 0.05) is 16.3 Å². The van der Waals surface area contributed by atoms with Gasteiger partial charge >= 0.3 is 5.97 Å². The molecule has 0 spiro atoms. The standard InChI is InChI=1S/C21H13F2N3O3S/c22-13-6-7-15(23)14(9-13)18-11-30-21(25-18)26-19(27)10-29-20(28)17-8-5-12-3-1-2-4-16(12)24-17/h1-9,11H,10H2,(H,25,26,27). The zero-order chi connectivity index (χ0) is 21.1. The van der Waals surface area contributed by atoms with Crippen molar-refractivity contribution in [1.29, 1.82) is 0 Å². The lowest BCUT2D eigenvalue weighted by molar-refractivity contribution is -0.119. The average molecular weight is 425 g/mol. The van der Waals surface area contributed by atoms with E-state index in [1.807, 2.05) is 12.1 Å². The molecule has 150 valence electrons. The van der Waals surface area contributed by atoms with E-state index >= 15 is 0 Å². The molecule has 0 bridgehead atoms. The van der Waals surface area contributed by atoms with Gasteiger partial charge in [-0.3, -0.25) is 10.1 Å². The Kier molecular flexibility index (Phi) is 5.44. The fraction of sp³-hybridized carbons (Fsp3) is 0.0476. The molecule has 6 nitrogen and oxygen atoms in total. The van der Waals surface area contributed by atoms with Gasteiger partial charge in [0.25, 0.3) is 5.91 Å². The van der Waals surface area contributed by atoms with E-state index < -0.39 is 30.1 Å². The van der Waals surface area contributed by atoms with Crippen molar-refractivity contribution in [2.75, 3.05) is 11.9 Å². The summed E-state index contributed by atoms with van der Waals surface area (Å²) in [5, 5.41) is 4.98. The van der Waals surface area contributed by atoms with Crippen LogP contribution in [-0.4, -0.2) is 28.5 Å². The first-order chi connectivity index (χ1) is 14.5. The largest absolute Gasteiger partial charge is 0.451 e. The highest BCUT2D eigenvalue weighted by Gasteiger charge is 2.15.